The molecule has 0 radical (unpaired) electrons. The Hall–Kier alpha value is -0.0900. The molecule has 1 amide bonds. The Labute approximate surface area is 114 Å². The molecule has 4 heteroatoms. The lowest BCUT2D eigenvalue weighted by atomic mass is 10.1. The zero-order valence-electron chi connectivity index (χ0n) is 11.4. The predicted octanol–water partition coefficient (Wildman–Crippen LogP) is 2.35. The zero-order chi connectivity index (χ0) is 13.0. The van der Waals surface area contributed by atoms with Gasteiger partial charge in [-0.3, -0.25) is 9.69 Å². The van der Waals surface area contributed by atoms with Crippen molar-refractivity contribution in [3.63, 3.8) is 0 Å². The number of nitrogens with zero attached hydrogens (tertiary/aromatic N) is 2. The van der Waals surface area contributed by atoms with Crippen LogP contribution in [0, 0.1) is 5.92 Å². The molecule has 0 spiro atoms. The molecule has 3 nitrogen and oxygen atoms in total. The summed E-state index contributed by atoms with van der Waals surface area (Å²) in [5.74, 6) is 0.554. The minimum atomic E-state index is -0.0519. The first-order valence-electron chi connectivity index (χ1n) is 6.60. The number of carbonyl (C=O) groups excluding carboxylic acids is 1. The Bertz CT molecular complexity index is 258. The van der Waals surface area contributed by atoms with Crippen LogP contribution in [0.25, 0.3) is 0 Å². The Morgan fingerprint density at radius 3 is 2.71 bits per heavy atom. The van der Waals surface area contributed by atoms with Crippen LogP contribution in [0.3, 0.4) is 0 Å². The standard InChI is InChI=1S/C13H25BrN2O/c1-5-16-8-6-7-11(16)9-15(4)13(17)12(14)10(2)3/h10-12H,5-9H2,1-4H3. The summed E-state index contributed by atoms with van der Waals surface area (Å²) in [7, 11) is 1.92. The second-order valence-corrected chi connectivity index (χ2v) is 6.28. The fourth-order valence-electron chi connectivity index (χ4n) is 2.42. The van der Waals surface area contributed by atoms with Gasteiger partial charge < -0.3 is 4.90 Å². The molecule has 1 fully saturated rings. The molecule has 0 N–H and O–H groups in total. The average Bonchev–Trinajstić information content (AvgIpc) is 2.73. The maximum Gasteiger partial charge on any atom is 0.236 e. The highest BCUT2D eigenvalue weighted by atomic mass is 79.9. The van der Waals surface area contributed by atoms with Crippen molar-refractivity contribution in [2.24, 2.45) is 5.92 Å². The topological polar surface area (TPSA) is 23.6 Å². The van der Waals surface area contributed by atoms with Crippen molar-refractivity contribution in [3.8, 4) is 0 Å². The van der Waals surface area contributed by atoms with Crippen LogP contribution in [0.1, 0.15) is 33.6 Å². The predicted molar refractivity (Wildman–Crippen MR) is 75.5 cm³/mol. The van der Waals surface area contributed by atoms with E-state index in [4.69, 9.17) is 0 Å². The molecule has 2 atom stereocenters. The van der Waals surface area contributed by atoms with E-state index in [1.165, 1.54) is 19.4 Å². The van der Waals surface area contributed by atoms with E-state index in [1.54, 1.807) is 0 Å². The molecule has 1 heterocycles. The number of hydrogen-bond acceptors (Lipinski definition) is 2. The smallest absolute Gasteiger partial charge is 0.236 e. The number of likely N-dealkylation sites (tertiary alicyclic amines) is 1. The van der Waals surface area contributed by atoms with Gasteiger partial charge in [0.05, 0.1) is 4.83 Å². The number of rotatable bonds is 5. The molecule has 0 aliphatic carbocycles. The van der Waals surface area contributed by atoms with Crippen LogP contribution in [-0.2, 0) is 4.79 Å². The van der Waals surface area contributed by atoms with Crippen molar-refractivity contribution < 1.29 is 4.79 Å². The Morgan fingerprint density at radius 2 is 2.18 bits per heavy atom. The van der Waals surface area contributed by atoms with Crippen LogP contribution in [0.15, 0.2) is 0 Å². The van der Waals surface area contributed by atoms with E-state index in [2.05, 4.69) is 41.6 Å². The molecule has 1 aliphatic rings. The van der Waals surface area contributed by atoms with Crippen molar-refractivity contribution >= 4 is 21.8 Å². The van der Waals surface area contributed by atoms with Crippen molar-refractivity contribution in [1.29, 1.82) is 0 Å². The highest BCUT2D eigenvalue weighted by Crippen LogP contribution is 2.19. The molecular weight excluding hydrogens is 280 g/mol. The highest BCUT2D eigenvalue weighted by molar-refractivity contribution is 9.10. The van der Waals surface area contributed by atoms with E-state index in [1.807, 2.05) is 11.9 Å². The van der Waals surface area contributed by atoms with Gasteiger partial charge in [0.15, 0.2) is 0 Å². The third kappa shape index (κ3) is 3.95. The van der Waals surface area contributed by atoms with Crippen molar-refractivity contribution in [2.45, 2.75) is 44.5 Å². The Balaban J connectivity index is 2.48. The maximum atomic E-state index is 12.1. The number of alkyl halides is 1. The van der Waals surface area contributed by atoms with E-state index in [0.717, 1.165) is 13.1 Å². The second-order valence-electron chi connectivity index (χ2n) is 5.29. The third-order valence-corrected chi connectivity index (χ3v) is 5.04. The molecule has 0 saturated carbocycles. The van der Waals surface area contributed by atoms with Gasteiger partial charge >= 0.3 is 0 Å². The summed E-state index contributed by atoms with van der Waals surface area (Å²) in [6.45, 7) is 9.47. The number of likely N-dealkylation sites (N-methyl/N-ethyl adjacent to an activating group) is 2. The summed E-state index contributed by atoms with van der Waals surface area (Å²) in [4.78, 5) is 16.4. The first-order valence-corrected chi connectivity index (χ1v) is 7.52. The van der Waals surface area contributed by atoms with E-state index in [-0.39, 0.29) is 10.7 Å². The zero-order valence-corrected chi connectivity index (χ0v) is 13.0. The van der Waals surface area contributed by atoms with Gasteiger partial charge in [0.25, 0.3) is 0 Å². The Morgan fingerprint density at radius 1 is 1.53 bits per heavy atom. The minimum Gasteiger partial charge on any atom is -0.343 e. The van der Waals surface area contributed by atoms with E-state index in [9.17, 15) is 4.79 Å². The van der Waals surface area contributed by atoms with Gasteiger partial charge in [0, 0.05) is 19.6 Å². The van der Waals surface area contributed by atoms with E-state index < -0.39 is 0 Å². The number of hydrogen-bond donors (Lipinski definition) is 0. The minimum absolute atomic E-state index is 0.0519. The maximum absolute atomic E-state index is 12.1. The van der Waals surface area contributed by atoms with Gasteiger partial charge in [0.1, 0.15) is 0 Å². The summed E-state index contributed by atoms with van der Waals surface area (Å²) >= 11 is 3.48. The van der Waals surface area contributed by atoms with Crippen molar-refractivity contribution in [1.82, 2.24) is 9.80 Å². The van der Waals surface area contributed by atoms with Crippen molar-refractivity contribution in [3.05, 3.63) is 0 Å². The monoisotopic (exact) mass is 304 g/mol. The summed E-state index contributed by atoms with van der Waals surface area (Å²) in [5.41, 5.74) is 0. The fraction of sp³-hybridized carbons (Fsp3) is 0.923. The third-order valence-electron chi connectivity index (χ3n) is 3.59. The normalized spacial score (nSPS) is 23.1. The van der Waals surface area contributed by atoms with Crippen LogP contribution in [-0.4, -0.2) is 53.3 Å². The molecule has 1 aliphatic heterocycles. The van der Waals surface area contributed by atoms with E-state index in [0.29, 0.717) is 12.0 Å². The first kappa shape index (κ1) is 15.0. The van der Waals surface area contributed by atoms with Gasteiger partial charge in [-0.2, -0.15) is 0 Å². The highest BCUT2D eigenvalue weighted by Gasteiger charge is 2.28. The second kappa shape index (κ2) is 6.74. The van der Waals surface area contributed by atoms with Gasteiger partial charge in [-0.15, -0.1) is 0 Å². The van der Waals surface area contributed by atoms with Crippen molar-refractivity contribution in [2.75, 3.05) is 26.7 Å². The average molecular weight is 305 g/mol. The Kier molecular flexibility index (Phi) is 5.93. The van der Waals surface area contributed by atoms with Gasteiger partial charge in [-0.1, -0.05) is 36.7 Å². The summed E-state index contributed by atoms with van der Waals surface area (Å²) in [6, 6.07) is 0.556. The lowest BCUT2D eigenvalue weighted by Gasteiger charge is -2.29. The van der Waals surface area contributed by atoms with Crippen LogP contribution >= 0.6 is 15.9 Å². The molecule has 17 heavy (non-hydrogen) atoms. The number of carbonyl (C=O) groups is 1. The molecule has 0 aromatic carbocycles. The van der Waals surface area contributed by atoms with Gasteiger partial charge in [0.2, 0.25) is 5.91 Å². The lowest BCUT2D eigenvalue weighted by Crippen LogP contribution is -2.44. The van der Waals surface area contributed by atoms with E-state index >= 15 is 0 Å². The van der Waals surface area contributed by atoms with Crippen LogP contribution in [0.2, 0.25) is 0 Å². The molecular formula is C13H25BrN2O. The van der Waals surface area contributed by atoms with Crippen LogP contribution < -0.4 is 0 Å². The fourth-order valence-corrected chi connectivity index (χ4v) is 2.77. The first-order chi connectivity index (χ1) is 7.97. The molecule has 1 saturated heterocycles. The molecule has 0 bridgehead atoms. The van der Waals surface area contributed by atoms with Crippen LogP contribution in [0.4, 0.5) is 0 Å². The number of amides is 1. The van der Waals surface area contributed by atoms with Gasteiger partial charge in [-0.05, 0) is 31.8 Å². The van der Waals surface area contributed by atoms with Gasteiger partial charge in [-0.25, -0.2) is 0 Å². The van der Waals surface area contributed by atoms with Crippen LogP contribution in [0.5, 0.6) is 0 Å². The molecule has 2 unspecified atom stereocenters. The quantitative estimate of drug-likeness (QED) is 0.728. The molecule has 1 rings (SSSR count). The molecule has 0 aromatic heterocycles. The summed E-state index contributed by atoms with van der Waals surface area (Å²) in [5, 5.41) is 0. The lowest BCUT2D eigenvalue weighted by molar-refractivity contribution is -0.130. The SMILES string of the molecule is CCN1CCCC1CN(C)C(=O)C(Br)C(C)C. The summed E-state index contributed by atoms with van der Waals surface area (Å²) < 4.78 is 0. The molecule has 100 valence electrons. The summed E-state index contributed by atoms with van der Waals surface area (Å²) in [6.07, 6.45) is 2.49. The molecule has 0 aromatic rings. The number of halogens is 1. The largest absolute Gasteiger partial charge is 0.343 e.